The highest BCUT2D eigenvalue weighted by molar-refractivity contribution is 7.86. The van der Waals surface area contributed by atoms with Crippen LogP contribution in [0.1, 0.15) is 32.1 Å². The van der Waals surface area contributed by atoms with Gasteiger partial charge in [0.1, 0.15) is 0 Å². The van der Waals surface area contributed by atoms with Crippen LogP contribution in [-0.2, 0) is 10.2 Å². The summed E-state index contributed by atoms with van der Waals surface area (Å²) in [6.07, 6.45) is 5.64. The van der Waals surface area contributed by atoms with E-state index in [0.29, 0.717) is 24.9 Å². The smallest absolute Gasteiger partial charge is 0.281 e. The summed E-state index contributed by atoms with van der Waals surface area (Å²) in [7, 11) is -1.47. The molecule has 0 aromatic rings. The zero-order valence-electron chi connectivity index (χ0n) is 12.1. The monoisotopic (exact) mass is 323 g/mol. The summed E-state index contributed by atoms with van der Waals surface area (Å²) in [5.74, 6) is 1.05. The van der Waals surface area contributed by atoms with Crippen molar-refractivity contribution in [2.45, 2.75) is 38.1 Å². The maximum Gasteiger partial charge on any atom is 0.281 e. The van der Waals surface area contributed by atoms with E-state index in [9.17, 15) is 8.42 Å². The molecule has 0 bridgehead atoms. The molecule has 2 heterocycles. The Kier molecular flexibility index (Phi) is 5.34. The zero-order valence-corrected chi connectivity index (χ0v) is 13.8. The Labute approximate surface area is 128 Å². The van der Waals surface area contributed by atoms with Gasteiger partial charge in [-0.15, -0.1) is 12.4 Å². The average Bonchev–Trinajstić information content (AvgIpc) is 2.99. The fraction of sp³-hybridized carbons (Fsp3) is 1.00. The maximum absolute atomic E-state index is 12.7. The van der Waals surface area contributed by atoms with Crippen LogP contribution in [0.2, 0.25) is 0 Å². The fourth-order valence-corrected chi connectivity index (χ4v) is 5.53. The summed E-state index contributed by atoms with van der Waals surface area (Å²) in [5, 5.41) is 3.35. The van der Waals surface area contributed by atoms with Gasteiger partial charge in [-0.25, -0.2) is 0 Å². The van der Waals surface area contributed by atoms with Crippen LogP contribution in [0.3, 0.4) is 0 Å². The highest BCUT2D eigenvalue weighted by atomic mass is 35.5. The van der Waals surface area contributed by atoms with Gasteiger partial charge in [-0.1, -0.05) is 19.3 Å². The molecule has 0 radical (unpaired) electrons. The molecule has 7 heteroatoms. The molecular weight excluding hydrogens is 298 g/mol. The normalized spacial score (nSPS) is 32.3. The van der Waals surface area contributed by atoms with Crippen molar-refractivity contribution in [2.24, 2.45) is 11.8 Å². The summed E-state index contributed by atoms with van der Waals surface area (Å²) < 4.78 is 28.8. The van der Waals surface area contributed by atoms with Gasteiger partial charge in [-0.2, -0.15) is 17.0 Å². The summed E-state index contributed by atoms with van der Waals surface area (Å²) >= 11 is 0. The minimum atomic E-state index is -3.24. The highest BCUT2D eigenvalue weighted by Gasteiger charge is 2.43. The standard InChI is InChI=1S/C13H25N3O2S.ClH/c1-15(13-5-3-2-4-6-13)19(17,18)16-9-11-7-14-8-12(11)10-16;/h11-14H,2-10H2,1H3;1H/t11-,12+;. The van der Waals surface area contributed by atoms with Gasteiger partial charge in [0, 0.05) is 26.2 Å². The number of fused-ring (bicyclic) bond motifs is 1. The molecular formula is C13H26ClN3O2S. The molecule has 0 aromatic carbocycles. The van der Waals surface area contributed by atoms with Gasteiger partial charge in [0.15, 0.2) is 0 Å². The summed E-state index contributed by atoms with van der Waals surface area (Å²) in [6, 6.07) is 0.220. The van der Waals surface area contributed by atoms with Crippen molar-refractivity contribution in [3.05, 3.63) is 0 Å². The molecule has 3 fully saturated rings. The van der Waals surface area contributed by atoms with E-state index in [0.717, 1.165) is 25.9 Å². The van der Waals surface area contributed by atoms with Crippen LogP contribution in [0, 0.1) is 11.8 Å². The van der Waals surface area contributed by atoms with Crippen molar-refractivity contribution in [3.63, 3.8) is 0 Å². The van der Waals surface area contributed by atoms with Crippen LogP contribution in [0.4, 0.5) is 0 Å². The number of hydrogen-bond donors (Lipinski definition) is 1. The number of rotatable bonds is 3. The van der Waals surface area contributed by atoms with E-state index in [-0.39, 0.29) is 18.4 Å². The van der Waals surface area contributed by atoms with Crippen LogP contribution in [-0.4, -0.2) is 56.3 Å². The third-order valence-corrected chi connectivity index (χ3v) is 7.11. The molecule has 20 heavy (non-hydrogen) atoms. The Morgan fingerprint density at radius 2 is 1.60 bits per heavy atom. The second kappa shape index (κ2) is 6.48. The second-order valence-electron chi connectivity index (χ2n) is 6.31. The molecule has 3 rings (SSSR count). The second-order valence-corrected chi connectivity index (χ2v) is 8.30. The zero-order chi connectivity index (χ0) is 13.5. The molecule has 0 unspecified atom stereocenters. The predicted molar refractivity (Wildman–Crippen MR) is 82.2 cm³/mol. The van der Waals surface area contributed by atoms with Crippen LogP contribution >= 0.6 is 12.4 Å². The summed E-state index contributed by atoms with van der Waals surface area (Å²) in [5.41, 5.74) is 0. The molecule has 2 saturated heterocycles. The molecule has 0 aromatic heterocycles. The Bertz CT molecular complexity index is 405. The lowest BCUT2D eigenvalue weighted by atomic mass is 9.96. The number of nitrogens with one attached hydrogen (secondary N) is 1. The van der Waals surface area contributed by atoms with Gasteiger partial charge in [0.05, 0.1) is 0 Å². The number of nitrogens with zero attached hydrogens (tertiary/aromatic N) is 2. The lowest BCUT2D eigenvalue weighted by molar-refractivity contribution is 0.267. The molecule has 0 amide bonds. The quantitative estimate of drug-likeness (QED) is 0.845. The van der Waals surface area contributed by atoms with Gasteiger partial charge in [0.25, 0.3) is 10.2 Å². The molecule has 5 nitrogen and oxygen atoms in total. The third kappa shape index (κ3) is 2.99. The number of hydrogen-bond acceptors (Lipinski definition) is 3. The Morgan fingerprint density at radius 3 is 2.15 bits per heavy atom. The summed E-state index contributed by atoms with van der Waals surface area (Å²) in [6.45, 7) is 3.36. The molecule has 2 aliphatic heterocycles. The lowest BCUT2D eigenvalue weighted by Gasteiger charge is -2.33. The lowest BCUT2D eigenvalue weighted by Crippen LogP contribution is -2.47. The molecule has 3 aliphatic rings. The Hall–Kier alpha value is 0.120. The minimum Gasteiger partial charge on any atom is -0.316 e. The average molecular weight is 324 g/mol. The van der Waals surface area contributed by atoms with Crippen molar-refractivity contribution in [2.75, 3.05) is 33.2 Å². The SMILES string of the molecule is CN(C1CCCCC1)S(=O)(=O)N1C[C@H]2CNC[C@H]2C1.Cl. The predicted octanol–water partition coefficient (Wildman–Crippen LogP) is 1.07. The Balaban J connectivity index is 0.00000147. The first-order valence-corrected chi connectivity index (χ1v) is 8.92. The first-order chi connectivity index (χ1) is 9.09. The van der Waals surface area contributed by atoms with Crippen LogP contribution in [0.5, 0.6) is 0 Å². The van der Waals surface area contributed by atoms with Crippen LogP contribution < -0.4 is 5.32 Å². The van der Waals surface area contributed by atoms with E-state index >= 15 is 0 Å². The van der Waals surface area contributed by atoms with E-state index in [2.05, 4.69) is 5.32 Å². The van der Waals surface area contributed by atoms with Gasteiger partial charge in [-0.05, 0) is 37.8 Å². The van der Waals surface area contributed by atoms with E-state index in [4.69, 9.17) is 0 Å². The van der Waals surface area contributed by atoms with Gasteiger partial charge in [0.2, 0.25) is 0 Å². The van der Waals surface area contributed by atoms with Crippen molar-refractivity contribution in [1.29, 1.82) is 0 Å². The van der Waals surface area contributed by atoms with Crippen molar-refractivity contribution in [1.82, 2.24) is 13.9 Å². The van der Waals surface area contributed by atoms with Crippen LogP contribution in [0.25, 0.3) is 0 Å². The van der Waals surface area contributed by atoms with E-state index < -0.39 is 10.2 Å². The topological polar surface area (TPSA) is 52.7 Å². The highest BCUT2D eigenvalue weighted by Crippen LogP contribution is 2.31. The molecule has 2 atom stereocenters. The largest absolute Gasteiger partial charge is 0.316 e. The van der Waals surface area contributed by atoms with Crippen molar-refractivity contribution >= 4 is 22.6 Å². The molecule has 1 aliphatic carbocycles. The van der Waals surface area contributed by atoms with E-state index in [1.165, 1.54) is 19.3 Å². The van der Waals surface area contributed by atoms with Crippen LogP contribution in [0.15, 0.2) is 0 Å². The van der Waals surface area contributed by atoms with Gasteiger partial charge in [-0.3, -0.25) is 0 Å². The molecule has 0 spiro atoms. The summed E-state index contributed by atoms with van der Waals surface area (Å²) in [4.78, 5) is 0. The number of halogens is 1. The van der Waals surface area contributed by atoms with E-state index in [1.807, 2.05) is 0 Å². The minimum absolute atomic E-state index is 0. The van der Waals surface area contributed by atoms with Crippen molar-refractivity contribution < 1.29 is 8.42 Å². The van der Waals surface area contributed by atoms with E-state index in [1.54, 1.807) is 15.7 Å². The molecule has 1 saturated carbocycles. The maximum atomic E-state index is 12.7. The van der Waals surface area contributed by atoms with Gasteiger partial charge >= 0.3 is 0 Å². The third-order valence-electron chi connectivity index (χ3n) is 5.14. The first-order valence-electron chi connectivity index (χ1n) is 7.53. The molecule has 118 valence electrons. The first kappa shape index (κ1) is 16.5. The Morgan fingerprint density at radius 1 is 1.05 bits per heavy atom. The molecule has 1 N–H and O–H groups in total. The fourth-order valence-electron chi connectivity index (χ4n) is 3.82. The van der Waals surface area contributed by atoms with Crippen molar-refractivity contribution in [3.8, 4) is 0 Å². The van der Waals surface area contributed by atoms with Gasteiger partial charge < -0.3 is 5.32 Å².